The number of H-pyrrole nitrogens is 1. The predicted molar refractivity (Wildman–Crippen MR) is 79.1 cm³/mol. The second kappa shape index (κ2) is 5.22. The molecule has 0 saturated carbocycles. The number of aryl methyl sites for hydroxylation is 1. The number of hydrogen-bond acceptors (Lipinski definition) is 5. The molecule has 0 atom stereocenters. The van der Waals surface area contributed by atoms with E-state index in [0.29, 0.717) is 0 Å². The summed E-state index contributed by atoms with van der Waals surface area (Å²) in [4.78, 5) is 14.6. The molecule has 0 fully saturated rings. The van der Waals surface area contributed by atoms with Gasteiger partial charge in [-0.1, -0.05) is 11.8 Å². The zero-order valence-corrected chi connectivity index (χ0v) is 12.3. The number of hydrogen-bond donors (Lipinski definition) is 1. The Morgan fingerprint density at radius 1 is 1.42 bits per heavy atom. The first-order chi connectivity index (χ1) is 9.24. The van der Waals surface area contributed by atoms with Crippen LogP contribution in [0.15, 0.2) is 29.6 Å². The van der Waals surface area contributed by atoms with Gasteiger partial charge in [-0.05, 0) is 19.1 Å². The molecule has 3 aromatic rings. The highest BCUT2D eigenvalue weighted by molar-refractivity contribution is 7.98. The highest BCUT2D eigenvalue weighted by Gasteiger charge is 2.07. The average molecular weight is 291 g/mol. The summed E-state index contributed by atoms with van der Waals surface area (Å²) in [5.41, 5.74) is 2.03. The van der Waals surface area contributed by atoms with Crippen LogP contribution in [0, 0.1) is 6.92 Å². The van der Waals surface area contributed by atoms with Crippen molar-refractivity contribution in [2.24, 2.45) is 0 Å². The summed E-state index contributed by atoms with van der Waals surface area (Å²) in [6, 6.07) is 5.90. The third-order valence-electron chi connectivity index (χ3n) is 2.66. The molecule has 0 aliphatic carbocycles. The van der Waals surface area contributed by atoms with E-state index >= 15 is 0 Å². The van der Waals surface area contributed by atoms with Crippen LogP contribution in [0.25, 0.3) is 10.3 Å². The van der Waals surface area contributed by atoms with Gasteiger partial charge in [0, 0.05) is 22.9 Å². The van der Waals surface area contributed by atoms with Gasteiger partial charge in [0.1, 0.15) is 16.1 Å². The molecule has 4 nitrogen and oxygen atoms in total. The van der Waals surface area contributed by atoms with Crippen molar-refractivity contribution < 1.29 is 4.74 Å². The molecule has 0 radical (unpaired) electrons. The van der Waals surface area contributed by atoms with Crippen LogP contribution in [0.4, 0.5) is 0 Å². The number of ether oxygens (including phenoxy) is 1. The van der Waals surface area contributed by atoms with Crippen molar-refractivity contribution in [1.29, 1.82) is 0 Å². The third kappa shape index (κ3) is 2.74. The summed E-state index contributed by atoms with van der Waals surface area (Å²) >= 11 is 3.38. The summed E-state index contributed by atoms with van der Waals surface area (Å²) < 4.78 is 5.18. The molecule has 0 spiro atoms. The Bertz CT molecular complexity index is 673. The summed E-state index contributed by atoms with van der Waals surface area (Å²) in [7, 11) is 1.66. The van der Waals surface area contributed by atoms with E-state index in [0.717, 1.165) is 32.7 Å². The second-order valence-corrected chi connectivity index (χ2v) is 6.31. The highest BCUT2D eigenvalue weighted by Crippen LogP contribution is 2.28. The lowest BCUT2D eigenvalue weighted by molar-refractivity contribution is 0.413. The lowest BCUT2D eigenvalue weighted by Crippen LogP contribution is -1.89. The number of methoxy groups -OCH3 is 1. The number of nitrogens with zero attached hydrogens (tertiary/aromatic N) is 2. The summed E-state index contributed by atoms with van der Waals surface area (Å²) in [6.45, 7) is 2.09. The van der Waals surface area contributed by atoms with Crippen LogP contribution >= 0.6 is 23.1 Å². The number of imidazole rings is 1. The molecule has 19 heavy (non-hydrogen) atoms. The molecule has 0 aliphatic rings. The summed E-state index contributed by atoms with van der Waals surface area (Å²) in [5, 5.41) is 0.936. The molecular weight excluding hydrogens is 278 g/mol. The first-order valence-corrected chi connectivity index (χ1v) is 7.62. The van der Waals surface area contributed by atoms with E-state index in [1.165, 1.54) is 4.88 Å². The largest absolute Gasteiger partial charge is 0.497 e. The van der Waals surface area contributed by atoms with Gasteiger partial charge in [0.25, 0.3) is 0 Å². The van der Waals surface area contributed by atoms with Crippen molar-refractivity contribution in [3.63, 3.8) is 0 Å². The van der Waals surface area contributed by atoms with E-state index in [4.69, 9.17) is 4.74 Å². The van der Waals surface area contributed by atoms with Crippen molar-refractivity contribution in [2.45, 2.75) is 17.8 Å². The fourth-order valence-electron chi connectivity index (χ4n) is 1.78. The lowest BCUT2D eigenvalue weighted by atomic mass is 10.3. The Hall–Kier alpha value is -1.53. The Morgan fingerprint density at radius 2 is 2.32 bits per heavy atom. The second-order valence-electron chi connectivity index (χ2n) is 4.09. The van der Waals surface area contributed by atoms with Gasteiger partial charge in [-0.15, -0.1) is 11.3 Å². The van der Waals surface area contributed by atoms with Gasteiger partial charge in [0.15, 0.2) is 5.16 Å². The first kappa shape index (κ1) is 12.5. The van der Waals surface area contributed by atoms with Crippen LogP contribution < -0.4 is 4.74 Å². The van der Waals surface area contributed by atoms with Gasteiger partial charge in [-0.2, -0.15) is 0 Å². The van der Waals surface area contributed by atoms with Crippen LogP contribution in [0.5, 0.6) is 5.75 Å². The molecule has 0 saturated heterocycles. The van der Waals surface area contributed by atoms with Gasteiger partial charge in [-0.3, -0.25) is 4.98 Å². The van der Waals surface area contributed by atoms with E-state index in [9.17, 15) is 0 Å². The van der Waals surface area contributed by atoms with Crippen molar-refractivity contribution in [3.8, 4) is 5.75 Å². The number of nitrogens with one attached hydrogen (secondary N) is 1. The van der Waals surface area contributed by atoms with Crippen molar-refractivity contribution in [3.05, 3.63) is 35.0 Å². The predicted octanol–water partition coefficient (Wildman–Crippen LogP) is 3.63. The number of aromatic amines is 1. The standard InChI is InChI=1S/C13H13N3OS2/c1-8-5-11-12(19-8)16-13(15-11)18-7-9-6-10(17-2)3-4-14-9/h3-6H,7H2,1-2H3,(H,15,16). The van der Waals surface area contributed by atoms with E-state index < -0.39 is 0 Å². The summed E-state index contributed by atoms with van der Waals surface area (Å²) in [5.74, 6) is 1.61. The van der Waals surface area contributed by atoms with Gasteiger partial charge in [0.2, 0.25) is 0 Å². The lowest BCUT2D eigenvalue weighted by Gasteiger charge is -2.02. The Kier molecular flexibility index (Phi) is 3.44. The molecule has 3 rings (SSSR count). The maximum atomic E-state index is 5.18. The molecule has 1 N–H and O–H groups in total. The van der Waals surface area contributed by atoms with Gasteiger partial charge < -0.3 is 9.72 Å². The molecule has 98 valence electrons. The third-order valence-corrected chi connectivity index (χ3v) is 4.52. The molecule has 0 amide bonds. The topological polar surface area (TPSA) is 50.8 Å². The normalized spacial score (nSPS) is 11.1. The van der Waals surface area contributed by atoms with Crippen LogP contribution in [0.3, 0.4) is 0 Å². The number of rotatable bonds is 4. The monoisotopic (exact) mass is 291 g/mol. The number of aromatic nitrogens is 3. The van der Waals surface area contributed by atoms with Crippen molar-refractivity contribution >= 4 is 33.4 Å². The van der Waals surface area contributed by atoms with Crippen LogP contribution in [0.2, 0.25) is 0 Å². The minimum absolute atomic E-state index is 0.775. The minimum Gasteiger partial charge on any atom is -0.497 e. The maximum absolute atomic E-state index is 5.18. The molecule has 3 aromatic heterocycles. The quantitative estimate of drug-likeness (QED) is 0.746. The molecule has 0 aliphatic heterocycles. The molecule has 3 heterocycles. The highest BCUT2D eigenvalue weighted by atomic mass is 32.2. The van der Waals surface area contributed by atoms with Crippen molar-refractivity contribution in [2.75, 3.05) is 7.11 Å². The van der Waals surface area contributed by atoms with Gasteiger partial charge in [-0.25, -0.2) is 4.98 Å². The Labute approximate surface area is 119 Å². The van der Waals surface area contributed by atoms with Crippen LogP contribution in [-0.4, -0.2) is 22.1 Å². The van der Waals surface area contributed by atoms with Gasteiger partial charge in [0.05, 0.1) is 12.8 Å². The molecular formula is C13H13N3OS2. The van der Waals surface area contributed by atoms with E-state index in [-0.39, 0.29) is 0 Å². The smallest absolute Gasteiger partial charge is 0.167 e. The molecule has 6 heteroatoms. The zero-order chi connectivity index (χ0) is 13.2. The van der Waals surface area contributed by atoms with Crippen molar-refractivity contribution in [1.82, 2.24) is 15.0 Å². The summed E-state index contributed by atoms with van der Waals surface area (Å²) in [6.07, 6.45) is 1.76. The Morgan fingerprint density at radius 3 is 3.11 bits per heavy atom. The Balaban J connectivity index is 1.72. The fourth-order valence-corrected chi connectivity index (χ4v) is 3.47. The first-order valence-electron chi connectivity index (χ1n) is 5.82. The zero-order valence-electron chi connectivity index (χ0n) is 10.6. The average Bonchev–Trinajstić information content (AvgIpc) is 2.93. The number of thiophene rings is 1. The fraction of sp³-hybridized carbons (Fsp3) is 0.231. The van der Waals surface area contributed by atoms with Gasteiger partial charge >= 0.3 is 0 Å². The molecule has 0 bridgehead atoms. The minimum atomic E-state index is 0.775. The number of fused-ring (bicyclic) bond motifs is 1. The molecule has 0 unspecified atom stereocenters. The maximum Gasteiger partial charge on any atom is 0.167 e. The van der Waals surface area contributed by atoms with Crippen LogP contribution in [-0.2, 0) is 5.75 Å². The molecule has 0 aromatic carbocycles. The van der Waals surface area contributed by atoms with E-state index in [2.05, 4.69) is 27.9 Å². The van der Waals surface area contributed by atoms with Crippen LogP contribution in [0.1, 0.15) is 10.6 Å². The van der Waals surface area contributed by atoms with E-state index in [1.54, 1.807) is 36.4 Å². The van der Waals surface area contributed by atoms with E-state index in [1.807, 2.05) is 12.1 Å². The SMILES string of the molecule is COc1ccnc(CSc2nc3cc(C)sc3[nH]2)c1. The number of thioether (sulfide) groups is 1. The number of pyridine rings is 1.